The van der Waals surface area contributed by atoms with Gasteiger partial charge in [-0.25, -0.2) is 0 Å². The van der Waals surface area contributed by atoms with E-state index >= 15 is 0 Å². The maximum Gasteiger partial charge on any atom is 0.121 e. The lowest BCUT2D eigenvalue weighted by molar-refractivity contribution is 0.340. The highest BCUT2D eigenvalue weighted by atomic mass is 16.5. The van der Waals surface area contributed by atoms with Crippen LogP contribution in [0.2, 0.25) is 0 Å². The Morgan fingerprint density at radius 1 is 1.37 bits per heavy atom. The zero-order valence-electron chi connectivity index (χ0n) is 12.2. The highest BCUT2D eigenvalue weighted by Gasteiger charge is 2.19. The molecular weight excluding hydrogens is 236 g/mol. The molecule has 0 spiro atoms. The highest BCUT2D eigenvalue weighted by molar-refractivity contribution is 5.51. The minimum absolute atomic E-state index is 0.629. The number of hydrogen-bond acceptors (Lipinski definition) is 3. The molecule has 1 aliphatic rings. The fourth-order valence-electron chi connectivity index (χ4n) is 2.66. The molecule has 1 saturated heterocycles. The van der Waals surface area contributed by atoms with Crippen molar-refractivity contribution in [2.24, 2.45) is 0 Å². The van der Waals surface area contributed by atoms with Gasteiger partial charge in [-0.3, -0.25) is 0 Å². The van der Waals surface area contributed by atoms with Crippen LogP contribution in [0.15, 0.2) is 24.3 Å². The van der Waals surface area contributed by atoms with Gasteiger partial charge in [0.05, 0.1) is 6.61 Å². The second-order valence-electron chi connectivity index (χ2n) is 5.17. The Kier molecular flexibility index (Phi) is 5.52. The maximum absolute atomic E-state index is 5.59. The van der Waals surface area contributed by atoms with Crippen LogP contribution >= 0.6 is 0 Å². The summed E-state index contributed by atoms with van der Waals surface area (Å²) >= 11 is 0. The van der Waals surface area contributed by atoms with Gasteiger partial charge in [0.25, 0.3) is 0 Å². The Hall–Kier alpha value is -1.22. The lowest BCUT2D eigenvalue weighted by atomic mass is 10.0. The Morgan fingerprint density at radius 3 is 3.05 bits per heavy atom. The Balaban J connectivity index is 1.98. The number of nitrogens with one attached hydrogen (secondary N) is 1. The molecular formula is C16H26N2O. The van der Waals surface area contributed by atoms with Crippen LogP contribution in [0.5, 0.6) is 5.75 Å². The van der Waals surface area contributed by atoms with Crippen molar-refractivity contribution in [2.45, 2.75) is 39.2 Å². The van der Waals surface area contributed by atoms with E-state index in [2.05, 4.69) is 35.3 Å². The van der Waals surface area contributed by atoms with Gasteiger partial charge in [-0.1, -0.05) is 13.0 Å². The van der Waals surface area contributed by atoms with Crippen molar-refractivity contribution in [3.05, 3.63) is 24.3 Å². The van der Waals surface area contributed by atoms with Gasteiger partial charge in [0, 0.05) is 30.9 Å². The van der Waals surface area contributed by atoms with Crippen LogP contribution in [-0.4, -0.2) is 32.3 Å². The van der Waals surface area contributed by atoms with E-state index in [0.717, 1.165) is 32.0 Å². The molecule has 1 aliphatic heterocycles. The number of benzene rings is 1. The number of rotatable bonds is 6. The molecule has 1 aromatic carbocycles. The topological polar surface area (TPSA) is 24.5 Å². The van der Waals surface area contributed by atoms with Crippen molar-refractivity contribution in [2.75, 3.05) is 31.1 Å². The molecule has 19 heavy (non-hydrogen) atoms. The second kappa shape index (κ2) is 7.39. The van der Waals surface area contributed by atoms with Crippen molar-refractivity contribution < 1.29 is 4.74 Å². The normalized spacial score (nSPS) is 19.5. The van der Waals surface area contributed by atoms with Gasteiger partial charge < -0.3 is 15.0 Å². The third-order valence-electron chi connectivity index (χ3n) is 3.60. The summed E-state index contributed by atoms with van der Waals surface area (Å²) in [5.41, 5.74) is 1.29. The number of ether oxygens (including phenoxy) is 1. The molecule has 1 fully saturated rings. The molecule has 0 radical (unpaired) electrons. The van der Waals surface area contributed by atoms with E-state index in [4.69, 9.17) is 4.74 Å². The largest absolute Gasteiger partial charge is 0.494 e. The first-order valence-corrected chi connectivity index (χ1v) is 7.54. The highest BCUT2D eigenvalue weighted by Crippen LogP contribution is 2.24. The zero-order chi connectivity index (χ0) is 13.5. The molecule has 1 aromatic rings. The molecule has 1 atom stereocenters. The predicted molar refractivity (Wildman–Crippen MR) is 81.1 cm³/mol. The standard InChI is InChI=1S/C16H26N2O/c1-3-10-17-14-7-6-11-18(13-14)15-8-5-9-16(12-15)19-4-2/h5,8-9,12,14,17H,3-4,6-7,10-11,13H2,1-2H3. The third-order valence-corrected chi connectivity index (χ3v) is 3.60. The van der Waals surface area contributed by atoms with Gasteiger partial charge >= 0.3 is 0 Å². The Labute approximate surface area is 116 Å². The van der Waals surface area contributed by atoms with Crippen LogP contribution in [0.1, 0.15) is 33.1 Å². The van der Waals surface area contributed by atoms with Gasteiger partial charge in [0.1, 0.15) is 5.75 Å². The molecule has 1 unspecified atom stereocenters. The van der Waals surface area contributed by atoms with Gasteiger partial charge in [-0.2, -0.15) is 0 Å². The molecule has 0 aliphatic carbocycles. The summed E-state index contributed by atoms with van der Waals surface area (Å²) in [6.45, 7) is 8.36. The molecule has 0 amide bonds. The number of nitrogens with zero attached hydrogens (tertiary/aromatic N) is 1. The van der Waals surface area contributed by atoms with Crippen LogP contribution in [0.4, 0.5) is 5.69 Å². The van der Waals surface area contributed by atoms with Crippen molar-refractivity contribution in [3.63, 3.8) is 0 Å². The van der Waals surface area contributed by atoms with Crippen molar-refractivity contribution in [1.82, 2.24) is 5.32 Å². The fourth-order valence-corrected chi connectivity index (χ4v) is 2.66. The quantitative estimate of drug-likeness (QED) is 0.853. The van der Waals surface area contributed by atoms with Crippen molar-refractivity contribution >= 4 is 5.69 Å². The summed E-state index contributed by atoms with van der Waals surface area (Å²) in [4.78, 5) is 2.47. The van der Waals surface area contributed by atoms with Crippen LogP contribution in [0.25, 0.3) is 0 Å². The summed E-state index contributed by atoms with van der Waals surface area (Å²) in [5.74, 6) is 0.976. The van der Waals surface area contributed by atoms with E-state index in [1.165, 1.54) is 24.9 Å². The summed E-state index contributed by atoms with van der Waals surface area (Å²) in [6, 6.07) is 9.09. The molecule has 0 bridgehead atoms. The smallest absolute Gasteiger partial charge is 0.121 e. The van der Waals surface area contributed by atoms with Crippen LogP contribution in [0.3, 0.4) is 0 Å². The Morgan fingerprint density at radius 2 is 2.26 bits per heavy atom. The van der Waals surface area contributed by atoms with Crippen LogP contribution in [-0.2, 0) is 0 Å². The van der Waals surface area contributed by atoms with Gasteiger partial charge in [-0.05, 0) is 44.9 Å². The lowest BCUT2D eigenvalue weighted by Crippen LogP contribution is -2.46. The predicted octanol–water partition coefficient (Wildman–Crippen LogP) is 3.05. The maximum atomic E-state index is 5.59. The van der Waals surface area contributed by atoms with E-state index in [9.17, 15) is 0 Å². The Bertz CT molecular complexity index is 381. The number of piperidine rings is 1. The summed E-state index contributed by atoms with van der Waals surface area (Å²) in [5, 5.41) is 3.64. The number of hydrogen-bond donors (Lipinski definition) is 1. The molecule has 0 aromatic heterocycles. The average Bonchev–Trinajstić information content (AvgIpc) is 2.46. The zero-order valence-corrected chi connectivity index (χ0v) is 12.2. The van der Waals surface area contributed by atoms with E-state index in [1.807, 2.05) is 13.0 Å². The van der Waals surface area contributed by atoms with E-state index < -0.39 is 0 Å². The van der Waals surface area contributed by atoms with Gasteiger partial charge in [0.2, 0.25) is 0 Å². The minimum Gasteiger partial charge on any atom is -0.494 e. The van der Waals surface area contributed by atoms with E-state index in [1.54, 1.807) is 0 Å². The van der Waals surface area contributed by atoms with Crippen molar-refractivity contribution in [3.8, 4) is 5.75 Å². The average molecular weight is 262 g/mol. The molecule has 1 N–H and O–H groups in total. The van der Waals surface area contributed by atoms with Gasteiger partial charge in [0.15, 0.2) is 0 Å². The first kappa shape index (κ1) is 14.2. The lowest BCUT2D eigenvalue weighted by Gasteiger charge is -2.35. The molecule has 3 nitrogen and oxygen atoms in total. The third kappa shape index (κ3) is 4.13. The fraction of sp³-hybridized carbons (Fsp3) is 0.625. The molecule has 3 heteroatoms. The summed E-state index contributed by atoms with van der Waals surface area (Å²) in [6.07, 6.45) is 3.76. The molecule has 0 saturated carbocycles. The molecule has 2 rings (SSSR count). The van der Waals surface area contributed by atoms with E-state index in [-0.39, 0.29) is 0 Å². The number of anilines is 1. The summed E-state index contributed by atoms with van der Waals surface area (Å²) in [7, 11) is 0. The van der Waals surface area contributed by atoms with Crippen LogP contribution in [0, 0.1) is 0 Å². The first-order chi connectivity index (χ1) is 9.33. The van der Waals surface area contributed by atoms with E-state index in [0.29, 0.717) is 6.04 Å². The first-order valence-electron chi connectivity index (χ1n) is 7.54. The minimum atomic E-state index is 0.629. The summed E-state index contributed by atoms with van der Waals surface area (Å²) < 4.78 is 5.59. The second-order valence-corrected chi connectivity index (χ2v) is 5.17. The molecule has 1 heterocycles. The monoisotopic (exact) mass is 262 g/mol. The molecule has 106 valence electrons. The van der Waals surface area contributed by atoms with Crippen molar-refractivity contribution in [1.29, 1.82) is 0 Å². The van der Waals surface area contributed by atoms with Gasteiger partial charge in [-0.15, -0.1) is 0 Å². The van der Waals surface area contributed by atoms with Crippen LogP contribution < -0.4 is 15.0 Å². The SMILES string of the molecule is CCCNC1CCCN(c2cccc(OCC)c2)C1.